The first-order valence-corrected chi connectivity index (χ1v) is 10.7. The van der Waals surface area contributed by atoms with E-state index in [1.807, 2.05) is 0 Å². The summed E-state index contributed by atoms with van der Waals surface area (Å²) in [6, 6.07) is 11.7. The van der Waals surface area contributed by atoms with E-state index in [0.29, 0.717) is 18.7 Å². The number of rotatable bonds is 8. The molecule has 1 fully saturated rings. The molecule has 3 rings (SSSR count). The number of piperidine rings is 1. The molecule has 2 aromatic rings. The Morgan fingerprint density at radius 3 is 2.50 bits per heavy atom. The zero-order valence-electron chi connectivity index (χ0n) is 18.5. The molecule has 0 aliphatic carbocycles. The standard InChI is InChI=1S/C23H26F3N5O3/c1-14(20(24)25)23(26,29-17-6-4-5-15(13-17)21(27)30-34)22(33)28-16-8-10-18(11-9-16)31-12-3-2-7-19(31)32/h4-6,8-11,13-14,20,29,34H,2-3,7,12H2,1H3,(H2,27,30)(H,28,33). The lowest BCUT2D eigenvalue weighted by Gasteiger charge is -2.32. The van der Waals surface area contributed by atoms with E-state index in [1.54, 1.807) is 17.0 Å². The van der Waals surface area contributed by atoms with E-state index in [9.17, 15) is 18.4 Å². The number of hydrogen-bond donors (Lipinski definition) is 4. The highest BCUT2D eigenvalue weighted by Gasteiger charge is 2.48. The summed E-state index contributed by atoms with van der Waals surface area (Å²) in [5.74, 6) is -6.82. The van der Waals surface area contributed by atoms with Crippen molar-refractivity contribution in [2.24, 2.45) is 16.8 Å². The molecule has 1 aliphatic heterocycles. The summed E-state index contributed by atoms with van der Waals surface area (Å²) in [6.45, 7) is 1.49. The quantitative estimate of drug-likeness (QED) is 0.151. The molecule has 0 bridgehead atoms. The van der Waals surface area contributed by atoms with Crippen molar-refractivity contribution < 1.29 is 28.0 Å². The highest BCUT2D eigenvalue weighted by molar-refractivity contribution is 6.01. The lowest BCUT2D eigenvalue weighted by atomic mass is 9.97. The van der Waals surface area contributed by atoms with Crippen molar-refractivity contribution in [2.45, 2.75) is 38.4 Å². The van der Waals surface area contributed by atoms with E-state index in [-0.39, 0.29) is 28.7 Å². The Morgan fingerprint density at radius 2 is 1.88 bits per heavy atom. The van der Waals surface area contributed by atoms with Crippen LogP contribution in [0.25, 0.3) is 0 Å². The fourth-order valence-corrected chi connectivity index (χ4v) is 3.60. The van der Waals surface area contributed by atoms with Crippen molar-refractivity contribution in [3.63, 3.8) is 0 Å². The Kier molecular flexibility index (Phi) is 7.64. The van der Waals surface area contributed by atoms with Crippen LogP contribution in [0.15, 0.2) is 53.7 Å². The summed E-state index contributed by atoms with van der Waals surface area (Å²) < 4.78 is 42.9. The third-order valence-electron chi connectivity index (χ3n) is 5.69. The number of carbonyl (C=O) groups is 2. The van der Waals surface area contributed by atoms with Crippen molar-refractivity contribution >= 4 is 34.7 Å². The fourth-order valence-electron chi connectivity index (χ4n) is 3.60. The molecule has 2 unspecified atom stereocenters. The second-order valence-electron chi connectivity index (χ2n) is 8.03. The number of amidine groups is 1. The van der Waals surface area contributed by atoms with Gasteiger partial charge in [0.15, 0.2) is 5.84 Å². The molecule has 8 nitrogen and oxygen atoms in total. The number of nitrogens with two attached hydrogens (primary N) is 1. The van der Waals surface area contributed by atoms with E-state index >= 15 is 4.39 Å². The van der Waals surface area contributed by atoms with Gasteiger partial charge in [-0.2, -0.15) is 0 Å². The van der Waals surface area contributed by atoms with Crippen LogP contribution in [0.1, 0.15) is 31.7 Å². The van der Waals surface area contributed by atoms with E-state index in [2.05, 4.69) is 15.8 Å². The monoisotopic (exact) mass is 477 g/mol. The Balaban J connectivity index is 1.82. The van der Waals surface area contributed by atoms with Gasteiger partial charge in [0.2, 0.25) is 12.3 Å². The Bertz CT molecular complexity index is 1060. The molecule has 2 atom stereocenters. The smallest absolute Gasteiger partial charge is 0.283 e. The zero-order valence-corrected chi connectivity index (χ0v) is 18.5. The number of oxime groups is 1. The Hall–Kier alpha value is -3.76. The minimum atomic E-state index is -3.20. The molecule has 5 N–H and O–H groups in total. The van der Waals surface area contributed by atoms with Crippen LogP contribution in [-0.4, -0.2) is 41.6 Å². The van der Waals surface area contributed by atoms with E-state index in [4.69, 9.17) is 10.9 Å². The number of anilines is 3. The number of benzene rings is 2. The number of carbonyl (C=O) groups excluding carboxylic acids is 2. The van der Waals surface area contributed by atoms with Gasteiger partial charge in [-0.1, -0.05) is 24.2 Å². The van der Waals surface area contributed by atoms with Gasteiger partial charge in [0.05, 0.1) is 5.92 Å². The Morgan fingerprint density at radius 1 is 1.18 bits per heavy atom. The van der Waals surface area contributed by atoms with Crippen LogP contribution in [0, 0.1) is 5.92 Å². The second kappa shape index (κ2) is 10.4. The molecule has 34 heavy (non-hydrogen) atoms. The SMILES string of the molecule is CC(C(F)F)C(F)(Nc1cccc(/C(N)=N/O)c1)C(=O)Nc1ccc(N2CCCCC2=O)cc1. The van der Waals surface area contributed by atoms with Gasteiger partial charge in [-0.05, 0) is 49.2 Å². The van der Waals surface area contributed by atoms with E-state index in [0.717, 1.165) is 19.8 Å². The summed E-state index contributed by atoms with van der Waals surface area (Å²) in [5, 5.41) is 16.2. The number of alkyl halides is 3. The predicted octanol–water partition coefficient (Wildman–Crippen LogP) is 3.92. The van der Waals surface area contributed by atoms with Crippen LogP contribution < -0.4 is 21.3 Å². The highest BCUT2D eigenvalue weighted by atomic mass is 19.3. The van der Waals surface area contributed by atoms with Crippen molar-refractivity contribution in [3.8, 4) is 0 Å². The van der Waals surface area contributed by atoms with E-state index < -0.39 is 24.0 Å². The number of hydrogen-bond acceptors (Lipinski definition) is 5. The van der Waals surface area contributed by atoms with Gasteiger partial charge in [-0.25, -0.2) is 13.2 Å². The van der Waals surface area contributed by atoms with Crippen molar-refractivity contribution in [2.75, 3.05) is 22.1 Å². The van der Waals surface area contributed by atoms with E-state index in [1.165, 1.54) is 36.4 Å². The molecule has 11 heteroatoms. The topological polar surface area (TPSA) is 120 Å². The summed E-state index contributed by atoms with van der Waals surface area (Å²) in [4.78, 5) is 26.6. The maximum Gasteiger partial charge on any atom is 0.283 e. The second-order valence-corrected chi connectivity index (χ2v) is 8.03. The Labute approximate surface area is 194 Å². The fraction of sp³-hybridized carbons (Fsp3) is 0.348. The van der Waals surface area contributed by atoms with Crippen molar-refractivity contribution in [1.29, 1.82) is 0 Å². The zero-order chi connectivity index (χ0) is 24.9. The first-order chi connectivity index (χ1) is 16.2. The van der Waals surface area contributed by atoms with Gasteiger partial charge in [-0.15, -0.1) is 0 Å². The summed E-state index contributed by atoms with van der Waals surface area (Å²) in [6.07, 6.45) is -0.984. The lowest BCUT2D eigenvalue weighted by molar-refractivity contribution is -0.132. The lowest BCUT2D eigenvalue weighted by Crippen LogP contribution is -2.53. The normalized spacial score (nSPS) is 17.3. The molecule has 2 aromatic carbocycles. The first kappa shape index (κ1) is 24.9. The summed E-state index contributed by atoms with van der Waals surface area (Å²) in [7, 11) is 0. The van der Waals surface area contributed by atoms with Gasteiger partial charge in [0.1, 0.15) is 0 Å². The molecule has 0 spiro atoms. The molecule has 182 valence electrons. The number of amides is 2. The van der Waals surface area contributed by atoms with Crippen LogP contribution in [0.3, 0.4) is 0 Å². The molecule has 0 aromatic heterocycles. The van der Waals surface area contributed by atoms with Crippen LogP contribution >= 0.6 is 0 Å². The van der Waals surface area contributed by atoms with Crippen LogP contribution in [0.5, 0.6) is 0 Å². The largest absolute Gasteiger partial charge is 0.409 e. The van der Waals surface area contributed by atoms with Gasteiger partial charge in [0, 0.05) is 35.6 Å². The minimum absolute atomic E-state index is 0.00474. The van der Waals surface area contributed by atoms with Gasteiger partial charge < -0.3 is 26.5 Å². The molecule has 1 heterocycles. The average Bonchev–Trinajstić information content (AvgIpc) is 2.83. The van der Waals surface area contributed by atoms with Crippen molar-refractivity contribution in [3.05, 3.63) is 54.1 Å². The predicted molar refractivity (Wildman–Crippen MR) is 123 cm³/mol. The van der Waals surface area contributed by atoms with Gasteiger partial charge in [0.25, 0.3) is 11.7 Å². The maximum absolute atomic E-state index is 15.9. The maximum atomic E-state index is 15.9. The number of nitrogens with zero attached hydrogens (tertiary/aromatic N) is 2. The molecule has 1 saturated heterocycles. The minimum Gasteiger partial charge on any atom is -0.409 e. The number of nitrogens with one attached hydrogen (secondary N) is 2. The molecular formula is C23H26F3N5O3. The molecule has 1 aliphatic rings. The van der Waals surface area contributed by atoms with Gasteiger partial charge in [-0.3, -0.25) is 9.59 Å². The van der Waals surface area contributed by atoms with Gasteiger partial charge >= 0.3 is 0 Å². The number of halogens is 3. The molecule has 0 radical (unpaired) electrons. The average molecular weight is 477 g/mol. The van der Waals surface area contributed by atoms with Crippen LogP contribution in [0.4, 0.5) is 30.2 Å². The first-order valence-electron chi connectivity index (χ1n) is 10.7. The van der Waals surface area contributed by atoms with Crippen LogP contribution in [-0.2, 0) is 9.59 Å². The summed E-state index contributed by atoms with van der Waals surface area (Å²) >= 11 is 0. The molecular weight excluding hydrogens is 451 g/mol. The summed E-state index contributed by atoms with van der Waals surface area (Å²) in [5.41, 5.74) is 6.51. The third kappa shape index (κ3) is 5.41. The van der Waals surface area contributed by atoms with Crippen molar-refractivity contribution in [1.82, 2.24) is 0 Å². The van der Waals surface area contributed by atoms with Crippen LogP contribution in [0.2, 0.25) is 0 Å². The third-order valence-corrected chi connectivity index (χ3v) is 5.69. The highest BCUT2D eigenvalue weighted by Crippen LogP contribution is 2.32. The molecule has 2 amide bonds. The molecule has 0 saturated carbocycles.